The lowest BCUT2D eigenvalue weighted by atomic mass is 10.1. The first-order valence-corrected chi connectivity index (χ1v) is 4.55. The molecule has 0 aromatic carbocycles. The van der Waals surface area contributed by atoms with Crippen molar-refractivity contribution in [3.8, 4) is 0 Å². The van der Waals surface area contributed by atoms with Gasteiger partial charge in [0, 0.05) is 31.7 Å². The molecule has 74 valence electrons. The molecule has 1 fully saturated rings. The molecule has 2 heteroatoms. The molecular weight excluding hydrogens is 148 g/mol. The molecule has 12 heavy (non-hydrogen) atoms. The van der Waals surface area contributed by atoms with Crippen LogP contribution >= 0.6 is 0 Å². The number of hydrogen-bond acceptors (Lipinski definition) is 2. The van der Waals surface area contributed by atoms with Crippen molar-refractivity contribution >= 4 is 0 Å². The van der Waals surface area contributed by atoms with E-state index in [2.05, 4.69) is 37.6 Å². The van der Waals surface area contributed by atoms with Gasteiger partial charge in [-0.25, -0.2) is 0 Å². The van der Waals surface area contributed by atoms with Crippen LogP contribution in [0.5, 0.6) is 0 Å². The quantitative estimate of drug-likeness (QED) is 0.593. The molecule has 1 atom stereocenters. The topological polar surface area (TPSA) is 6.48 Å². The summed E-state index contributed by atoms with van der Waals surface area (Å²) in [6.07, 6.45) is 0. The van der Waals surface area contributed by atoms with Crippen molar-refractivity contribution in [2.75, 3.05) is 26.7 Å². The Balaban J connectivity index is 0.00000121. The van der Waals surface area contributed by atoms with Gasteiger partial charge in [0.15, 0.2) is 0 Å². The maximum atomic E-state index is 2.57. The van der Waals surface area contributed by atoms with Crippen molar-refractivity contribution in [2.24, 2.45) is 0 Å². The van der Waals surface area contributed by atoms with Gasteiger partial charge in [0.1, 0.15) is 0 Å². The first-order chi connectivity index (χ1) is 5.11. The molecule has 0 N–H and O–H groups in total. The van der Waals surface area contributed by atoms with Crippen LogP contribution in [0.1, 0.15) is 28.2 Å². The predicted octanol–water partition coefficient (Wildman–Crippen LogP) is 1.67. The van der Waals surface area contributed by atoms with Gasteiger partial charge in [-0.2, -0.15) is 0 Å². The Morgan fingerprint density at radius 2 is 1.83 bits per heavy atom. The Morgan fingerprint density at radius 3 is 2.25 bits per heavy atom. The molecular formula is C10H24N2. The first kappa shape index (κ1) is 11.9. The zero-order chi connectivity index (χ0) is 8.43. The van der Waals surface area contributed by atoms with Crippen LogP contribution < -0.4 is 0 Å². The summed E-state index contributed by atoms with van der Waals surface area (Å²) < 4.78 is 0. The van der Waals surface area contributed by atoms with Crippen LogP contribution in [-0.2, 0) is 0 Å². The Morgan fingerprint density at radius 1 is 1.25 bits per heavy atom. The van der Waals surface area contributed by atoms with Crippen molar-refractivity contribution in [2.45, 2.75) is 40.3 Å². The minimum Gasteiger partial charge on any atom is -0.304 e. The van der Waals surface area contributed by atoms with E-state index in [1.165, 1.54) is 19.6 Å². The average molecular weight is 172 g/mol. The molecule has 0 aliphatic carbocycles. The summed E-state index contributed by atoms with van der Waals surface area (Å²) in [7, 11) is 2.20. The van der Waals surface area contributed by atoms with E-state index >= 15 is 0 Å². The Labute approximate surface area is 77.5 Å². The Hall–Kier alpha value is -0.0800. The highest BCUT2D eigenvalue weighted by molar-refractivity contribution is 4.79. The highest BCUT2D eigenvalue weighted by Crippen LogP contribution is 2.10. The first-order valence-electron chi connectivity index (χ1n) is 4.55. The Kier molecular flexibility index (Phi) is 4.80. The minimum atomic E-state index is 0. The number of likely N-dealkylation sites (N-methyl/N-ethyl adjacent to an activating group) is 1. The molecule has 0 amide bonds. The van der Waals surface area contributed by atoms with Crippen LogP contribution in [0.4, 0.5) is 0 Å². The Bertz CT molecular complexity index is 123. The van der Waals surface area contributed by atoms with Crippen LogP contribution in [0, 0.1) is 0 Å². The van der Waals surface area contributed by atoms with E-state index in [0.717, 1.165) is 6.04 Å². The SMILES string of the molecule is C.CC(C)N1CCN(C)C[C@@H]1C. The summed E-state index contributed by atoms with van der Waals surface area (Å²) in [6, 6.07) is 1.44. The van der Waals surface area contributed by atoms with E-state index in [9.17, 15) is 0 Å². The minimum absolute atomic E-state index is 0. The fraction of sp³-hybridized carbons (Fsp3) is 1.00. The molecule has 1 heterocycles. The van der Waals surface area contributed by atoms with Crippen LogP contribution in [-0.4, -0.2) is 48.6 Å². The second kappa shape index (κ2) is 4.83. The standard InChI is InChI=1S/C9H20N2.CH4/c1-8(2)11-6-5-10(4)7-9(11)3;/h8-9H,5-7H2,1-4H3;1H4/t9-;/m0./s1. The molecule has 1 saturated heterocycles. The molecule has 0 unspecified atom stereocenters. The number of piperazine rings is 1. The summed E-state index contributed by atoms with van der Waals surface area (Å²) in [5.41, 5.74) is 0. The molecule has 0 aromatic heterocycles. The smallest absolute Gasteiger partial charge is 0.0198 e. The van der Waals surface area contributed by atoms with Crippen molar-refractivity contribution in [3.63, 3.8) is 0 Å². The maximum Gasteiger partial charge on any atom is 0.0198 e. The lowest BCUT2D eigenvalue weighted by Crippen LogP contribution is -2.52. The molecule has 2 nitrogen and oxygen atoms in total. The third-order valence-electron chi connectivity index (χ3n) is 2.55. The molecule has 1 rings (SSSR count). The van der Waals surface area contributed by atoms with Gasteiger partial charge in [-0.1, -0.05) is 7.43 Å². The van der Waals surface area contributed by atoms with Crippen LogP contribution in [0.15, 0.2) is 0 Å². The normalized spacial score (nSPS) is 27.2. The van der Waals surface area contributed by atoms with Gasteiger partial charge in [0.05, 0.1) is 0 Å². The summed E-state index contributed by atoms with van der Waals surface area (Å²) >= 11 is 0. The van der Waals surface area contributed by atoms with Gasteiger partial charge in [0.2, 0.25) is 0 Å². The number of rotatable bonds is 1. The molecule has 0 bridgehead atoms. The fourth-order valence-electron chi connectivity index (χ4n) is 1.92. The summed E-state index contributed by atoms with van der Waals surface area (Å²) in [4.78, 5) is 4.98. The van der Waals surface area contributed by atoms with E-state index in [-0.39, 0.29) is 7.43 Å². The van der Waals surface area contributed by atoms with E-state index in [0.29, 0.717) is 6.04 Å². The van der Waals surface area contributed by atoms with Crippen molar-refractivity contribution < 1.29 is 0 Å². The highest BCUT2D eigenvalue weighted by Gasteiger charge is 2.22. The zero-order valence-electron chi connectivity index (χ0n) is 8.17. The van der Waals surface area contributed by atoms with E-state index in [1.54, 1.807) is 0 Å². The van der Waals surface area contributed by atoms with Crippen LogP contribution in [0.25, 0.3) is 0 Å². The van der Waals surface area contributed by atoms with Gasteiger partial charge in [0.25, 0.3) is 0 Å². The molecule has 0 radical (unpaired) electrons. The lowest BCUT2D eigenvalue weighted by molar-refractivity contribution is 0.0741. The van der Waals surface area contributed by atoms with Gasteiger partial charge in [-0.05, 0) is 27.8 Å². The fourth-order valence-corrected chi connectivity index (χ4v) is 1.92. The van der Waals surface area contributed by atoms with Gasteiger partial charge < -0.3 is 4.90 Å². The average Bonchev–Trinajstić information content (AvgIpc) is 1.85. The van der Waals surface area contributed by atoms with Gasteiger partial charge in [-0.3, -0.25) is 4.90 Å². The van der Waals surface area contributed by atoms with Crippen LogP contribution in [0.2, 0.25) is 0 Å². The van der Waals surface area contributed by atoms with Crippen LogP contribution in [0.3, 0.4) is 0 Å². The van der Waals surface area contributed by atoms with Crippen molar-refractivity contribution in [1.29, 1.82) is 0 Å². The predicted molar refractivity (Wildman–Crippen MR) is 55.5 cm³/mol. The molecule has 0 spiro atoms. The van der Waals surface area contributed by atoms with Crippen molar-refractivity contribution in [1.82, 2.24) is 9.80 Å². The van der Waals surface area contributed by atoms with Gasteiger partial charge >= 0.3 is 0 Å². The van der Waals surface area contributed by atoms with Gasteiger partial charge in [-0.15, -0.1) is 0 Å². The second-order valence-corrected chi connectivity index (χ2v) is 3.94. The number of nitrogens with zero attached hydrogens (tertiary/aromatic N) is 2. The molecule has 1 aliphatic rings. The summed E-state index contributed by atoms with van der Waals surface area (Å²) in [5.74, 6) is 0. The number of hydrogen-bond donors (Lipinski definition) is 0. The zero-order valence-corrected chi connectivity index (χ0v) is 8.17. The van der Waals surface area contributed by atoms with E-state index in [4.69, 9.17) is 0 Å². The molecule has 0 aromatic rings. The van der Waals surface area contributed by atoms with E-state index < -0.39 is 0 Å². The van der Waals surface area contributed by atoms with Crippen molar-refractivity contribution in [3.05, 3.63) is 0 Å². The second-order valence-electron chi connectivity index (χ2n) is 3.94. The van der Waals surface area contributed by atoms with E-state index in [1.807, 2.05) is 0 Å². The largest absolute Gasteiger partial charge is 0.304 e. The summed E-state index contributed by atoms with van der Waals surface area (Å²) in [6.45, 7) is 10.6. The molecule has 0 saturated carbocycles. The monoisotopic (exact) mass is 172 g/mol. The summed E-state index contributed by atoms with van der Waals surface area (Å²) in [5, 5.41) is 0. The third kappa shape index (κ3) is 2.76. The third-order valence-corrected chi connectivity index (χ3v) is 2.55. The molecule has 1 aliphatic heterocycles. The highest BCUT2D eigenvalue weighted by atomic mass is 15.3. The lowest BCUT2D eigenvalue weighted by Gasteiger charge is -2.40. The maximum absolute atomic E-state index is 2.57.